The van der Waals surface area contributed by atoms with E-state index in [1.165, 1.54) is 6.07 Å². The molecule has 2 aromatic heterocycles. The fourth-order valence-electron chi connectivity index (χ4n) is 2.77. The van der Waals surface area contributed by atoms with Gasteiger partial charge in [-0.3, -0.25) is 4.79 Å². The second kappa shape index (κ2) is 6.53. The zero-order valence-electron chi connectivity index (χ0n) is 14.9. The molecule has 1 atom stereocenters. The topological polar surface area (TPSA) is 68.5 Å². The van der Waals surface area contributed by atoms with Gasteiger partial charge >= 0.3 is 6.18 Å². The van der Waals surface area contributed by atoms with Crippen molar-refractivity contribution in [1.82, 2.24) is 19.9 Å². The number of nitrogens with one attached hydrogen (secondary N) is 1. The predicted molar refractivity (Wildman–Crippen MR) is 88.0 cm³/mol. The summed E-state index contributed by atoms with van der Waals surface area (Å²) < 4.78 is 46.4. The van der Waals surface area contributed by atoms with E-state index in [0.29, 0.717) is 17.7 Å². The van der Waals surface area contributed by atoms with Crippen molar-refractivity contribution in [2.75, 3.05) is 13.2 Å². The monoisotopic (exact) mass is 370 g/mol. The number of fused-ring (bicyclic) bond motifs is 1. The third kappa shape index (κ3) is 3.82. The largest absolute Gasteiger partial charge is 0.433 e. The molecule has 1 N–H and O–H groups in total. The molecule has 1 fully saturated rings. The molecule has 0 aromatic carbocycles. The molecule has 9 heteroatoms. The van der Waals surface area contributed by atoms with Gasteiger partial charge in [0.2, 0.25) is 0 Å². The highest BCUT2D eigenvalue weighted by molar-refractivity contribution is 5.93. The molecule has 1 amide bonds. The van der Waals surface area contributed by atoms with Gasteiger partial charge in [-0.25, -0.2) is 9.50 Å². The molecule has 2 aromatic rings. The molecule has 1 saturated heterocycles. The molecule has 0 aliphatic carbocycles. The molecule has 0 radical (unpaired) electrons. The van der Waals surface area contributed by atoms with Crippen LogP contribution in [0.5, 0.6) is 0 Å². The second-order valence-corrected chi connectivity index (χ2v) is 7.42. The van der Waals surface area contributed by atoms with Crippen LogP contribution in [0.4, 0.5) is 13.2 Å². The summed E-state index contributed by atoms with van der Waals surface area (Å²) in [5.74, 6) is -0.545. The Labute approximate surface area is 148 Å². The average molecular weight is 370 g/mol. The van der Waals surface area contributed by atoms with E-state index in [-0.39, 0.29) is 23.1 Å². The van der Waals surface area contributed by atoms with Gasteiger partial charge in [0.05, 0.1) is 11.8 Å². The van der Waals surface area contributed by atoms with Crippen LogP contribution in [0.2, 0.25) is 0 Å². The highest BCUT2D eigenvalue weighted by Crippen LogP contribution is 2.32. The molecule has 6 nitrogen and oxygen atoms in total. The number of alkyl halides is 3. The van der Waals surface area contributed by atoms with Crippen LogP contribution >= 0.6 is 0 Å². The molecular formula is C17H21F3N4O2. The van der Waals surface area contributed by atoms with Gasteiger partial charge in [0.25, 0.3) is 5.91 Å². The van der Waals surface area contributed by atoms with E-state index in [4.69, 9.17) is 4.74 Å². The van der Waals surface area contributed by atoms with E-state index in [2.05, 4.69) is 15.4 Å². The second-order valence-electron chi connectivity index (χ2n) is 7.42. The number of halogens is 3. The van der Waals surface area contributed by atoms with Crippen molar-refractivity contribution in [2.24, 2.45) is 0 Å². The Morgan fingerprint density at radius 1 is 1.35 bits per heavy atom. The van der Waals surface area contributed by atoms with Gasteiger partial charge in [0.1, 0.15) is 5.69 Å². The molecule has 1 aliphatic heterocycles. The Balaban J connectivity index is 1.94. The maximum Gasteiger partial charge on any atom is 0.433 e. The molecule has 1 unspecified atom stereocenters. The van der Waals surface area contributed by atoms with Crippen LogP contribution in [0, 0.1) is 0 Å². The highest BCUT2D eigenvalue weighted by Gasteiger charge is 2.36. The van der Waals surface area contributed by atoms with E-state index in [0.717, 1.165) is 18.9 Å². The average Bonchev–Trinajstić information content (AvgIpc) is 3.18. The lowest BCUT2D eigenvalue weighted by atomic mass is 9.91. The Bertz CT molecular complexity index is 818. The van der Waals surface area contributed by atoms with Crippen molar-refractivity contribution in [2.45, 2.75) is 51.3 Å². The van der Waals surface area contributed by atoms with Gasteiger partial charge in [-0.05, 0) is 18.9 Å². The molecule has 0 bridgehead atoms. The lowest BCUT2D eigenvalue weighted by Crippen LogP contribution is -2.32. The third-order valence-corrected chi connectivity index (χ3v) is 4.23. The number of carbonyl (C=O) groups excluding carboxylic acids is 1. The maximum absolute atomic E-state index is 13.4. The van der Waals surface area contributed by atoms with Crippen molar-refractivity contribution in [3.05, 3.63) is 29.2 Å². The van der Waals surface area contributed by atoms with Crippen molar-refractivity contribution in [3.8, 4) is 0 Å². The van der Waals surface area contributed by atoms with Crippen LogP contribution < -0.4 is 5.32 Å². The van der Waals surface area contributed by atoms with Gasteiger partial charge in [0.15, 0.2) is 11.3 Å². The van der Waals surface area contributed by atoms with Crippen molar-refractivity contribution < 1.29 is 22.7 Å². The standard InChI is InChI=1S/C17H21F3N4O2/c1-16(2,3)12-8-13(17(18,19)20)24-14(22-12)7-11(23-24)15(25)21-9-10-5-4-6-26-10/h7-8,10H,4-6,9H2,1-3H3,(H,21,25). The van der Waals surface area contributed by atoms with E-state index in [1.54, 1.807) is 20.8 Å². The molecule has 0 saturated carbocycles. The fourth-order valence-corrected chi connectivity index (χ4v) is 2.77. The zero-order valence-corrected chi connectivity index (χ0v) is 14.9. The van der Waals surface area contributed by atoms with Crippen molar-refractivity contribution in [1.29, 1.82) is 0 Å². The summed E-state index contributed by atoms with van der Waals surface area (Å²) in [6, 6.07) is 2.25. The highest BCUT2D eigenvalue weighted by atomic mass is 19.4. The smallest absolute Gasteiger partial charge is 0.376 e. The van der Waals surface area contributed by atoms with Crippen molar-refractivity contribution in [3.63, 3.8) is 0 Å². The van der Waals surface area contributed by atoms with Crippen molar-refractivity contribution >= 4 is 11.6 Å². The summed E-state index contributed by atoms with van der Waals surface area (Å²) in [5.41, 5.74) is -1.36. The summed E-state index contributed by atoms with van der Waals surface area (Å²) in [5, 5.41) is 6.48. The number of hydrogen-bond acceptors (Lipinski definition) is 4. The van der Waals surface area contributed by atoms with Crippen LogP contribution in [0.1, 0.15) is 55.5 Å². The molecule has 142 valence electrons. The number of ether oxygens (including phenoxy) is 1. The number of rotatable bonds is 3. The van der Waals surface area contributed by atoms with E-state index >= 15 is 0 Å². The third-order valence-electron chi connectivity index (χ3n) is 4.23. The summed E-state index contributed by atoms with van der Waals surface area (Å²) in [6.07, 6.45) is -2.89. The number of amides is 1. The first-order chi connectivity index (χ1) is 12.1. The molecule has 26 heavy (non-hydrogen) atoms. The van der Waals surface area contributed by atoms with Gasteiger partial charge in [0, 0.05) is 24.6 Å². The SMILES string of the molecule is CC(C)(C)c1cc(C(F)(F)F)n2nc(C(=O)NCC3CCCO3)cc2n1. The van der Waals surface area contributed by atoms with Crippen LogP contribution in [0.25, 0.3) is 5.65 Å². The van der Waals surface area contributed by atoms with Crippen LogP contribution in [-0.4, -0.2) is 39.8 Å². The van der Waals surface area contributed by atoms with E-state index in [9.17, 15) is 18.0 Å². The van der Waals surface area contributed by atoms with E-state index < -0.39 is 23.2 Å². The Morgan fingerprint density at radius 2 is 2.08 bits per heavy atom. The van der Waals surface area contributed by atoms with Crippen LogP contribution in [0.15, 0.2) is 12.1 Å². The number of hydrogen-bond donors (Lipinski definition) is 1. The van der Waals surface area contributed by atoms with Gasteiger partial charge in [-0.2, -0.15) is 18.3 Å². The first kappa shape index (κ1) is 18.6. The van der Waals surface area contributed by atoms with Gasteiger partial charge in [-0.15, -0.1) is 0 Å². The van der Waals surface area contributed by atoms with Gasteiger partial charge in [-0.1, -0.05) is 20.8 Å². The normalized spacial score (nSPS) is 18.5. The van der Waals surface area contributed by atoms with Gasteiger partial charge < -0.3 is 10.1 Å². The zero-order chi connectivity index (χ0) is 19.1. The Hall–Kier alpha value is -2.16. The summed E-state index contributed by atoms with van der Waals surface area (Å²) in [6.45, 7) is 6.29. The summed E-state index contributed by atoms with van der Waals surface area (Å²) in [4.78, 5) is 16.5. The quantitative estimate of drug-likeness (QED) is 0.902. The minimum absolute atomic E-state index is 0.00739. The van der Waals surface area contributed by atoms with Crippen LogP contribution in [-0.2, 0) is 16.3 Å². The summed E-state index contributed by atoms with van der Waals surface area (Å²) in [7, 11) is 0. The molecule has 0 spiro atoms. The lowest BCUT2D eigenvalue weighted by molar-refractivity contribution is -0.142. The molecule has 1 aliphatic rings. The number of aromatic nitrogens is 3. The first-order valence-electron chi connectivity index (χ1n) is 8.44. The van der Waals surface area contributed by atoms with Crippen LogP contribution in [0.3, 0.4) is 0 Å². The minimum atomic E-state index is -4.61. The number of carbonyl (C=O) groups is 1. The lowest BCUT2D eigenvalue weighted by Gasteiger charge is -2.19. The number of nitrogens with zero attached hydrogens (tertiary/aromatic N) is 3. The fraction of sp³-hybridized carbons (Fsp3) is 0.588. The first-order valence-corrected chi connectivity index (χ1v) is 8.44. The maximum atomic E-state index is 13.4. The summed E-state index contributed by atoms with van der Waals surface area (Å²) >= 11 is 0. The minimum Gasteiger partial charge on any atom is -0.376 e. The molecular weight excluding hydrogens is 349 g/mol. The Morgan fingerprint density at radius 3 is 2.65 bits per heavy atom. The predicted octanol–water partition coefficient (Wildman–Crippen LogP) is 2.95. The Kier molecular flexibility index (Phi) is 4.68. The van der Waals surface area contributed by atoms with E-state index in [1.807, 2.05) is 0 Å². The molecule has 3 heterocycles. The molecule has 3 rings (SSSR count).